The van der Waals surface area contributed by atoms with Crippen LogP contribution in [0.2, 0.25) is 0 Å². The standard InChI is InChI=1S/C52H72N2O8/c1-7-9-16-25-52(26-17-10-8-2)60-44-33-38(48(57)54(6)42(47(56)53-28-29-55)30-35-18-12-11-13-19-35)32-43(46(44)62-52)59-49(58)39-21-15-14-20-36(39)31-37-22-23-45-51(5,61-45)27-24-41-40(37)34-50(41,3)4/h11-15,18-21,31,33,40-46,55H,7-10,16-17,22-30,32,34H2,1-6H3,(H,53,56)/t40-,41-,42-,43-,44-,45?,46+,51-/m1/s1. The molecule has 0 bridgehead atoms. The molecule has 2 saturated heterocycles. The Balaban J connectivity index is 1.18. The average molecular weight is 853 g/mol. The van der Waals surface area contributed by atoms with Crippen molar-refractivity contribution in [1.29, 1.82) is 0 Å². The summed E-state index contributed by atoms with van der Waals surface area (Å²) < 4.78 is 26.7. The van der Waals surface area contributed by atoms with E-state index in [0.717, 1.165) is 81.8 Å². The molecule has 62 heavy (non-hydrogen) atoms. The van der Waals surface area contributed by atoms with E-state index in [1.54, 1.807) is 7.05 Å². The Kier molecular flexibility index (Phi) is 14.8. The smallest absolute Gasteiger partial charge is 0.339 e. The highest BCUT2D eigenvalue weighted by Crippen LogP contribution is 2.60. The number of aliphatic hydroxyl groups is 1. The van der Waals surface area contributed by atoms with Gasteiger partial charge in [0.05, 0.1) is 23.9 Å². The molecule has 10 nitrogen and oxygen atoms in total. The normalized spacial score (nSPS) is 29.3. The Morgan fingerprint density at radius 2 is 1.65 bits per heavy atom. The molecule has 1 unspecified atom stereocenters. The van der Waals surface area contributed by atoms with Crippen LogP contribution < -0.4 is 5.32 Å². The van der Waals surface area contributed by atoms with Gasteiger partial charge < -0.3 is 34.3 Å². The number of allylic oxidation sites excluding steroid dienone is 1. The van der Waals surface area contributed by atoms with Crippen molar-refractivity contribution < 1.29 is 38.4 Å². The lowest BCUT2D eigenvalue weighted by Crippen LogP contribution is -2.51. The number of esters is 1. The van der Waals surface area contributed by atoms with E-state index in [1.165, 1.54) is 10.5 Å². The minimum absolute atomic E-state index is 0.0144. The van der Waals surface area contributed by atoms with Crippen molar-refractivity contribution in [2.24, 2.45) is 17.3 Å². The molecule has 5 aliphatic rings. The maximum absolute atomic E-state index is 14.7. The summed E-state index contributed by atoms with van der Waals surface area (Å²) in [6.07, 6.45) is 15.5. The van der Waals surface area contributed by atoms with Crippen molar-refractivity contribution in [3.63, 3.8) is 0 Å². The van der Waals surface area contributed by atoms with Crippen molar-refractivity contribution in [3.05, 3.63) is 88.5 Å². The number of likely N-dealkylation sites (N-methyl/N-ethyl adjacent to an activating group) is 1. The molecule has 2 saturated carbocycles. The topological polar surface area (TPSA) is 127 Å². The van der Waals surface area contributed by atoms with E-state index in [2.05, 4.69) is 46.0 Å². The van der Waals surface area contributed by atoms with E-state index in [4.69, 9.17) is 18.9 Å². The fraction of sp³-hybridized carbons (Fsp3) is 0.635. The van der Waals surface area contributed by atoms with Gasteiger partial charge in [-0.2, -0.15) is 0 Å². The Bertz CT molecular complexity index is 1930. The number of amides is 2. The van der Waals surface area contributed by atoms with Gasteiger partial charge in [-0.15, -0.1) is 0 Å². The number of epoxide rings is 1. The quantitative estimate of drug-likeness (QED) is 0.0865. The van der Waals surface area contributed by atoms with Gasteiger partial charge in [0.15, 0.2) is 5.79 Å². The molecule has 10 heteroatoms. The van der Waals surface area contributed by atoms with E-state index >= 15 is 0 Å². The zero-order valence-corrected chi connectivity index (χ0v) is 38.2. The number of benzene rings is 2. The highest BCUT2D eigenvalue weighted by molar-refractivity contribution is 5.98. The molecule has 2 N–H and O–H groups in total. The summed E-state index contributed by atoms with van der Waals surface area (Å²) in [6, 6.07) is 16.4. The van der Waals surface area contributed by atoms with Gasteiger partial charge in [0.25, 0.3) is 0 Å². The fourth-order valence-corrected chi connectivity index (χ4v) is 10.9. The van der Waals surface area contributed by atoms with Crippen LogP contribution in [-0.4, -0.2) is 89.8 Å². The summed E-state index contributed by atoms with van der Waals surface area (Å²) in [5.41, 5.74) is 4.26. The van der Waals surface area contributed by atoms with Gasteiger partial charge in [-0.25, -0.2) is 4.79 Å². The lowest BCUT2D eigenvalue weighted by atomic mass is 9.52. The lowest BCUT2D eigenvalue weighted by molar-refractivity contribution is -0.190. The van der Waals surface area contributed by atoms with E-state index < -0.39 is 36.1 Å². The van der Waals surface area contributed by atoms with Crippen LogP contribution in [0.15, 0.2) is 71.8 Å². The number of fused-ring (bicyclic) bond motifs is 3. The number of nitrogens with zero attached hydrogens (tertiary/aromatic N) is 1. The third-order valence-corrected chi connectivity index (χ3v) is 14.7. The number of unbranched alkanes of at least 4 members (excludes halogenated alkanes) is 4. The maximum Gasteiger partial charge on any atom is 0.339 e. The number of nitrogens with one attached hydrogen (secondary N) is 1. The van der Waals surface area contributed by atoms with Crippen LogP contribution in [0.25, 0.3) is 6.08 Å². The first-order valence-electron chi connectivity index (χ1n) is 23.7. The highest BCUT2D eigenvalue weighted by Gasteiger charge is 2.56. The van der Waals surface area contributed by atoms with Crippen molar-refractivity contribution >= 4 is 23.9 Å². The zero-order chi connectivity index (χ0) is 44.1. The molecular formula is C52H72N2O8. The first-order chi connectivity index (χ1) is 29.8. The summed E-state index contributed by atoms with van der Waals surface area (Å²) in [4.78, 5) is 44.4. The SMILES string of the molecule is CCCCCC1(CCCCC)O[C@@H]2[C@@H](C=C(C(=O)N(C)[C@H](Cc3ccccc3)C(=O)NCCO)C[C@H]2OC(=O)c2ccccc2C=C2CCC3O[C@]3(C)CC[C@@H]3[C@@H]2CC3(C)C)O1. The van der Waals surface area contributed by atoms with Gasteiger partial charge in [-0.05, 0) is 92.4 Å². The van der Waals surface area contributed by atoms with Gasteiger partial charge >= 0.3 is 5.97 Å². The second kappa shape index (κ2) is 19.9. The van der Waals surface area contributed by atoms with Crippen LogP contribution in [0, 0.1) is 17.3 Å². The predicted molar refractivity (Wildman–Crippen MR) is 241 cm³/mol. The molecule has 0 spiro atoms. The molecule has 7 rings (SSSR count). The van der Waals surface area contributed by atoms with Crippen LogP contribution in [0.1, 0.15) is 146 Å². The van der Waals surface area contributed by atoms with E-state index in [-0.39, 0.29) is 54.9 Å². The molecule has 0 aromatic heterocycles. The molecule has 338 valence electrons. The van der Waals surface area contributed by atoms with Gasteiger partial charge in [-0.3, -0.25) is 9.59 Å². The van der Waals surface area contributed by atoms with Crippen molar-refractivity contribution in [2.75, 3.05) is 20.2 Å². The van der Waals surface area contributed by atoms with Crippen LogP contribution in [-0.2, 0) is 35.0 Å². The number of aliphatic hydroxyl groups excluding tert-OH is 1. The largest absolute Gasteiger partial charge is 0.456 e. The molecular weight excluding hydrogens is 781 g/mol. The first kappa shape index (κ1) is 46.2. The second-order valence-electron chi connectivity index (χ2n) is 19.7. The molecule has 0 radical (unpaired) electrons. The van der Waals surface area contributed by atoms with Crippen LogP contribution in [0.3, 0.4) is 0 Å². The first-order valence-corrected chi connectivity index (χ1v) is 23.7. The summed E-state index contributed by atoms with van der Waals surface area (Å²) in [7, 11) is 1.64. The maximum atomic E-state index is 14.7. The Morgan fingerprint density at radius 1 is 0.935 bits per heavy atom. The van der Waals surface area contributed by atoms with E-state index in [1.807, 2.05) is 60.7 Å². The minimum atomic E-state index is -0.862. The van der Waals surface area contributed by atoms with Crippen molar-refractivity contribution in [3.8, 4) is 0 Å². The summed E-state index contributed by atoms with van der Waals surface area (Å²) in [6.45, 7) is 11.2. The third-order valence-electron chi connectivity index (χ3n) is 14.7. The van der Waals surface area contributed by atoms with Crippen LogP contribution >= 0.6 is 0 Å². The second-order valence-corrected chi connectivity index (χ2v) is 19.7. The van der Waals surface area contributed by atoms with Gasteiger partial charge in [0.2, 0.25) is 11.8 Å². The van der Waals surface area contributed by atoms with Crippen LogP contribution in [0.4, 0.5) is 0 Å². The predicted octanol–water partition coefficient (Wildman–Crippen LogP) is 9.14. The number of rotatable bonds is 18. The Hall–Kier alpha value is -3.83. The molecule has 2 aromatic carbocycles. The molecule has 2 heterocycles. The van der Waals surface area contributed by atoms with Gasteiger partial charge in [-0.1, -0.05) is 114 Å². The number of ether oxygens (including phenoxy) is 4. The van der Waals surface area contributed by atoms with E-state index in [0.29, 0.717) is 35.8 Å². The van der Waals surface area contributed by atoms with Crippen molar-refractivity contribution in [1.82, 2.24) is 10.2 Å². The molecule has 3 aliphatic carbocycles. The molecule has 4 fully saturated rings. The zero-order valence-electron chi connectivity index (χ0n) is 38.2. The lowest BCUT2D eigenvalue weighted by Gasteiger charge is -2.53. The van der Waals surface area contributed by atoms with Crippen molar-refractivity contribution in [2.45, 2.75) is 173 Å². The Labute approximate surface area is 370 Å². The highest BCUT2D eigenvalue weighted by atomic mass is 16.8. The van der Waals surface area contributed by atoms with Crippen LogP contribution in [0.5, 0.6) is 0 Å². The third kappa shape index (κ3) is 10.4. The number of hydrogen-bond donors (Lipinski definition) is 2. The number of hydrogen-bond acceptors (Lipinski definition) is 8. The summed E-state index contributed by atoms with van der Waals surface area (Å²) >= 11 is 0. The number of carbonyl (C=O) groups excluding carboxylic acids is 3. The van der Waals surface area contributed by atoms with Gasteiger partial charge in [0.1, 0.15) is 24.4 Å². The molecule has 2 aliphatic heterocycles. The molecule has 2 aromatic rings. The minimum Gasteiger partial charge on any atom is -0.456 e. The number of carbonyl (C=O) groups is 3. The van der Waals surface area contributed by atoms with Gasteiger partial charge in [0, 0.05) is 44.8 Å². The monoisotopic (exact) mass is 853 g/mol. The average Bonchev–Trinajstić information content (AvgIpc) is 3.74. The molecule has 8 atom stereocenters. The fourth-order valence-electron chi connectivity index (χ4n) is 10.9. The summed E-state index contributed by atoms with van der Waals surface area (Å²) in [5, 5.41) is 12.3. The van der Waals surface area contributed by atoms with E-state index in [9.17, 15) is 19.5 Å². The summed E-state index contributed by atoms with van der Waals surface area (Å²) in [5.74, 6) is -0.989. The Morgan fingerprint density at radius 3 is 2.34 bits per heavy atom. The molecule has 2 amide bonds.